The summed E-state index contributed by atoms with van der Waals surface area (Å²) < 4.78 is 0. The van der Waals surface area contributed by atoms with Crippen molar-refractivity contribution in [2.45, 2.75) is 31.8 Å². The molecule has 2 unspecified atom stereocenters. The molecule has 0 aromatic carbocycles. The molecule has 1 aromatic rings. The Bertz CT molecular complexity index is 390. The minimum absolute atomic E-state index is 0.480. The molecule has 5 nitrogen and oxygen atoms in total. The van der Waals surface area contributed by atoms with Crippen LogP contribution < -0.4 is 10.6 Å². The van der Waals surface area contributed by atoms with Crippen molar-refractivity contribution in [1.82, 2.24) is 14.9 Å². The van der Waals surface area contributed by atoms with Gasteiger partial charge >= 0.3 is 0 Å². The van der Waals surface area contributed by atoms with Gasteiger partial charge in [-0.2, -0.15) is 0 Å². The Labute approximate surface area is 102 Å². The van der Waals surface area contributed by atoms with E-state index in [1.165, 1.54) is 19.4 Å². The van der Waals surface area contributed by atoms with Crippen LogP contribution in [-0.2, 0) is 0 Å². The van der Waals surface area contributed by atoms with Crippen LogP contribution in [0.1, 0.15) is 19.8 Å². The lowest BCUT2D eigenvalue weighted by molar-refractivity contribution is 0.201. The van der Waals surface area contributed by atoms with Gasteiger partial charge in [-0.3, -0.25) is 4.90 Å². The first-order valence-corrected chi connectivity index (χ1v) is 6.32. The molecule has 0 spiro atoms. The predicted octanol–water partition coefficient (Wildman–Crippen LogP) is 0.732. The zero-order valence-corrected chi connectivity index (χ0v) is 10.2. The van der Waals surface area contributed by atoms with Crippen LogP contribution in [0.5, 0.6) is 0 Å². The normalized spacial score (nSPS) is 29.4. The molecule has 92 valence electrons. The van der Waals surface area contributed by atoms with Gasteiger partial charge in [-0.1, -0.05) is 0 Å². The summed E-state index contributed by atoms with van der Waals surface area (Å²) in [6.07, 6.45) is 6.01. The molecule has 2 fully saturated rings. The predicted molar refractivity (Wildman–Crippen MR) is 67.8 cm³/mol. The summed E-state index contributed by atoms with van der Waals surface area (Å²) in [6.45, 7) is 5.67. The van der Waals surface area contributed by atoms with Crippen molar-refractivity contribution >= 4 is 11.6 Å². The fourth-order valence-electron chi connectivity index (χ4n) is 2.95. The fourth-order valence-corrected chi connectivity index (χ4v) is 2.95. The number of aromatic nitrogens is 2. The van der Waals surface area contributed by atoms with Gasteiger partial charge in [-0.25, -0.2) is 9.97 Å². The van der Waals surface area contributed by atoms with Crippen molar-refractivity contribution in [3.8, 4) is 0 Å². The van der Waals surface area contributed by atoms with Gasteiger partial charge in [-0.15, -0.1) is 0 Å². The largest absolute Gasteiger partial charge is 0.396 e. The molecule has 0 bridgehead atoms. The van der Waals surface area contributed by atoms with Crippen LogP contribution >= 0.6 is 0 Å². The summed E-state index contributed by atoms with van der Waals surface area (Å²) in [5.74, 6) is 0.818. The number of piperazine rings is 1. The molecule has 0 saturated carbocycles. The molecule has 1 aromatic heterocycles. The Morgan fingerprint density at radius 3 is 2.82 bits per heavy atom. The Morgan fingerprint density at radius 1 is 1.29 bits per heavy atom. The molecule has 0 radical (unpaired) electrons. The smallest absolute Gasteiger partial charge is 0.225 e. The molecule has 2 aliphatic rings. The highest BCUT2D eigenvalue weighted by molar-refractivity contribution is 5.39. The quantitative estimate of drug-likeness (QED) is 0.775. The standard InChI is InChI=1S/C12H19N5/c1-9-7-16-4-2-3-11(16)8-17(9)12-14-5-10(13)6-15-12/h5-6,9,11H,2-4,7-8,13H2,1H3. The number of nitrogen functional groups attached to an aromatic ring is 1. The third kappa shape index (κ3) is 1.95. The molecule has 3 rings (SSSR count). The van der Waals surface area contributed by atoms with E-state index in [9.17, 15) is 0 Å². The number of hydrogen-bond donors (Lipinski definition) is 1. The third-order valence-corrected chi connectivity index (χ3v) is 3.85. The van der Waals surface area contributed by atoms with E-state index >= 15 is 0 Å². The topological polar surface area (TPSA) is 58.3 Å². The van der Waals surface area contributed by atoms with E-state index < -0.39 is 0 Å². The van der Waals surface area contributed by atoms with Gasteiger partial charge in [0.2, 0.25) is 5.95 Å². The lowest BCUT2D eigenvalue weighted by Gasteiger charge is -2.42. The summed E-state index contributed by atoms with van der Waals surface area (Å²) in [7, 11) is 0. The Hall–Kier alpha value is -1.36. The fraction of sp³-hybridized carbons (Fsp3) is 0.667. The van der Waals surface area contributed by atoms with Gasteiger partial charge in [-0.05, 0) is 26.3 Å². The number of hydrogen-bond acceptors (Lipinski definition) is 5. The zero-order valence-electron chi connectivity index (χ0n) is 10.2. The van der Waals surface area contributed by atoms with E-state index in [1.807, 2.05) is 0 Å². The average molecular weight is 233 g/mol. The lowest BCUT2D eigenvalue weighted by Crippen LogP contribution is -2.55. The first-order valence-electron chi connectivity index (χ1n) is 6.32. The summed E-state index contributed by atoms with van der Waals surface area (Å²) in [5.41, 5.74) is 6.25. The number of nitrogens with two attached hydrogens (primary N) is 1. The number of nitrogens with zero attached hydrogens (tertiary/aromatic N) is 4. The van der Waals surface area contributed by atoms with Crippen molar-refractivity contribution in [3.05, 3.63) is 12.4 Å². The second kappa shape index (κ2) is 4.14. The lowest BCUT2D eigenvalue weighted by atomic mass is 10.1. The molecular weight excluding hydrogens is 214 g/mol. The second-order valence-corrected chi connectivity index (χ2v) is 5.11. The van der Waals surface area contributed by atoms with Crippen molar-refractivity contribution in [1.29, 1.82) is 0 Å². The summed E-state index contributed by atoms with van der Waals surface area (Å²) in [5, 5.41) is 0. The minimum atomic E-state index is 0.480. The Kier molecular flexibility index (Phi) is 2.63. The van der Waals surface area contributed by atoms with Gasteiger partial charge in [0.05, 0.1) is 18.1 Å². The van der Waals surface area contributed by atoms with Crippen molar-refractivity contribution in [2.75, 3.05) is 30.3 Å². The Morgan fingerprint density at radius 2 is 2.06 bits per heavy atom. The second-order valence-electron chi connectivity index (χ2n) is 5.11. The molecule has 2 N–H and O–H groups in total. The van der Waals surface area contributed by atoms with Gasteiger partial charge in [0.15, 0.2) is 0 Å². The number of rotatable bonds is 1. The van der Waals surface area contributed by atoms with Gasteiger partial charge in [0.25, 0.3) is 0 Å². The van der Waals surface area contributed by atoms with Crippen molar-refractivity contribution in [3.63, 3.8) is 0 Å². The highest BCUT2D eigenvalue weighted by Gasteiger charge is 2.35. The van der Waals surface area contributed by atoms with Crippen molar-refractivity contribution < 1.29 is 0 Å². The molecule has 0 amide bonds. The molecule has 2 saturated heterocycles. The van der Waals surface area contributed by atoms with Crippen molar-refractivity contribution in [2.24, 2.45) is 0 Å². The zero-order chi connectivity index (χ0) is 11.8. The van der Waals surface area contributed by atoms with E-state index in [4.69, 9.17) is 5.73 Å². The number of anilines is 2. The molecule has 2 aliphatic heterocycles. The highest BCUT2D eigenvalue weighted by Crippen LogP contribution is 2.26. The average Bonchev–Trinajstić information content (AvgIpc) is 2.76. The van der Waals surface area contributed by atoms with Crippen LogP contribution in [0, 0.1) is 0 Å². The van der Waals surface area contributed by atoms with E-state index in [2.05, 4.69) is 26.7 Å². The van der Waals surface area contributed by atoms with Gasteiger partial charge in [0, 0.05) is 25.2 Å². The highest BCUT2D eigenvalue weighted by atomic mass is 15.4. The van der Waals surface area contributed by atoms with E-state index in [0.717, 1.165) is 19.0 Å². The molecule has 2 atom stereocenters. The third-order valence-electron chi connectivity index (χ3n) is 3.85. The van der Waals surface area contributed by atoms with Crippen LogP contribution in [0.3, 0.4) is 0 Å². The maximum atomic E-state index is 5.62. The first kappa shape index (κ1) is 10.8. The first-order chi connectivity index (χ1) is 8.24. The monoisotopic (exact) mass is 233 g/mol. The van der Waals surface area contributed by atoms with E-state index in [-0.39, 0.29) is 0 Å². The molecule has 17 heavy (non-hydrogen) atoms. The van der Waals surface area contributed by atoms with Crippen LogP contribution in [0.25, 0.3) is 0 Å². The maximum Gasteiger partial charge on any atom is 0.225 e. The van der Waals surface area contributed by atoms with Crippen LogP contribution in [-0.4, -0.2) is 46.6 Å². The molecular formula is C12H19N5. The summed E-state index contributed by atoms with van der Waals surface area (Å²) in [4.78, 5) is 13.6. The summed E-state index contributed by atoms with van der Waals surface area (Å²) in [6, 6.07) is 1.17. The van der Waals surface area contributed by atoms with Crippen LogP contribution in [0.2, 0.25) is 0 Å². The van der Waals surface area contributed by atoms with E-state index in [1.54, 1.807) is 12.4 Å². The van der Waals surface area contributed by atoms with Gasteiger partial charge < -0.3 is 10.6 Å². The van der Waals surface area contributed by atoms with Crippen LogP contribution in [0.4, 0.5) is 11.6 Å². The maximum absolute atomic E-state index is 5.62. The molecule has 0 aliphatic carbocycles. The number of fused-ring (bicyclic) bond motifs is 1. The molecule has 5 heteroatoms. The van der Waals surface area contributed by atoms with Gasteiger partial charge in [0.1, 0.15) is 0 Å². The van der Waals surface area contributed by atoms with Crippen LogP contribution in [0.15, 0.2) is 12.4 Å². The minimum Gasteiger partial charge on any atom is -0.396 e. The van der Waals surface area contributed by atoms with E-state index in [0.29, 0.717) is 17.8 Å². The summed E-state index contributed by atoms with van der Waals surface area (Å²) >= 11 is 0. The molecule has 3 heterocycles. The Balaban J connectivity index is 1.80. The SMILES string of the molecule is CC1CN2CCCC2CN1c1ncc(N)cn1.